The minimum Gasteiger partial charge on any atom is -0.469 e. The number of halogens is 1. The summed E-state index contributed by atoms with van der Waals surface area (Å²) in [6.45, 7) is 0.925. The van der Waals surface area contributed by atoms with Crippen LogP contribution in [0.5, 0.6) is 0 Å². The fraction of sp³-hybridized carbons (Fsp3) is 0.385. The smallest absolute Gasteiger partial charge is 0.310 e. The number of hydrogen-bond donors (Lipinski definition) is 1. The fourth-order valence-corrected chi connectivity index (χ4v) is 2.33. The van der Waals surface area contributed by atoms with Gasteiger partial charge in [0.25, 0.3) is 5.91 Å². The van der Waals surface area contributed by atoms with Crippen molar-refractivity contribution < 1.29 is 14.3 Å². The van der Waals surface area contributed by atoms with Crippen LogP contribution in [-0.4, -0.2) is 37.0 Å². The molecule has 1 aliphatic heterocycles. The maximum absolute atomic E-state index is 12.2. The van der Waals surface area contributed by atoms with Crippen LogP contribution in [0.2, 0.25) is 5.02 Å². The van der Waals surface area contributed by atoms with Gasteiger partial charge in [-0.25, -0.2) is 0 Å². The van der Waals surface area contributed by atoms with E-state index in [-0.39, 0.29) is 17.8 Å². The molecule has 5 nitrogen and oxygen atoms in total. The minimum absolute atomic E-state index is 0.145. The number of carbonyl (C=O) groups is 2. The molecule has 1 aliphatic rings. The normalized spacial score (nSPS) is 18.4. The van der Waals surface area contributed by atoms with E-state index in [1.54, 1.807) is 23.1 Å². The first-order valence-electron chi connectivity index (χ1n) is 5.95. The van der Waals surface area contributed by atoms with Crippen LogP contribution in [-0.2, 0) is 9.53 Å². The van der Waals surface area contributed by atoms with Gasteiger partial charge in [0.15, 0.2) is 0 Å². The van der Waals surface area contributed by atoms with E-state index >= 15 is 0 Å². The van der Waals surface area contributed by atoms with Gasteiger partial charge < -0.3 is 15.4 Å². The number of nitrogen functional groups attached to an aromatic ring is 1. The highest BCUT2D eigenvalue weighted by molar-refractivity contribution is 6.33. The lowest BCUT2D eigenvalue weighted by atomic mass is 10.1. The highest BCUT2D eigenvalue weighted by Crippen LogP contribution is 2.23. The summed E-state index contributed by atoms with van der Waals surface area (Å²) in [4.78, 5) is 25.3. The summed E-state index contributed by atoms with van der Waals surface area (Å²) < 4.78 is 4.69. The number of nitrogens with two attached hydrogens (primary N) is 1. The third-order valence-electron chi connectivity index (χ3n) is 3.26. The van der Waals surface area contributed by atoms with Crippen LogP contribution in [0.25, 0.3) is 0 Å². The van der Waals surface area contributed by atoms with Crippen LogP contribution in [0.4, 0.5) is 5.69 Å². The summed E-state index contributed by atoms with van der Waals surface area (Å²) in [6.07, 6.45) is 0.626. The Labute approximate surface area is 116 Å². The lowest BCUT2D eigenvalue weighted by Gasteiger charge is -2.16. The van der Waals surface area contributed by atoms with Crippen LogP contribution in [0.3, 0.4) is 0 Å². The Kier molecular flexibility index (Phi) is 3.95. The Morgan fingerprint density at radius 1 is 1.47 bits per heavy atom. The van der Waals surface area contributed by atoms with E-state index in [0.29, 0.717) is 35.8 Å². The Bertz CT molecular complexity index is 519. The number of amides is 1. The standard InChI is InChI=1S/C13H15ClN2O3/c1-19-13(18)9-4-5-16(7-9)12(17)8-2-3-11(15)10(14)6-8/h2-3,6,9H,4-5,7,15H2,1H3. The van der Waals surface area contributed by atoms with Crippen molar-refractivity contribution in [2.75, 3.05) is 25.9 Å². The molecule has 6 heteroatoms. The SMILES string of the molecule is COC(=O)C1CCN(C(=O)c2ccc(N)c(Cl)c2)C1. The van der Waals surface area contributed by atoms with Gasteiger partial charge in [-0.15, -0.1) is 0 Å². The number of carbonyl (C=O) groups excluding carboxylic acids is 2. The molecule has 19 heavy (non-hydrogen) atoms. The zero-order valence-corrected chi connectivity index (χ0v) is 11.3. The Hall–Kier alpha value is -1.75. The number of methoxy groups -OCH3 is 1. The number of rotatable bonds is 2. The van der Waals surface area contributed by atoms with Crippen molar-refractivity contribution in [2.45, 2.75) is 6.42 Å². The van der Waals surface area contributed by atoms with Gasteiger partial charge in [0.2, 0.25) is 0 Å². The zero-order chi connectivity index (χ0) is 14.0. The maximum atomic E-state index is 12.2. The molecular weight excluding hydrogens is 268 g/mol. The van der Waals surface area contributed by atoms with Crippen LogP contribution >= 0.6 is 11.6 Å². The van der Waals surface area contributed by atoms with Gasteiger partial charge in [-0.05, 0) is 24.6 Å². The average molecular weight is 283 g/mol. The molecule has 102 valence electrons. The maximum Gasteiger partial charge on any atom is 0.310 e. The molecule has 1 saturated heterocycles. The number of anilines is 1. The van der Waals surface area contributed by atoms with E-state index in [2.05, 4.69) is 4.74 Å². The highest BCUT2D eigenvalue weighted by Gasteiger charge is 2.32. The molecule has 1 unspecified atom stereocenters. The third kappa shape index (κ3) is 2.81. The van der Waals surface area contributed by atoms with Gasteiger partial charge in [0.1, 0.15) is 0 Å². The van der Waals surface area contributed by atoms with Crippen LogP contribution in [0, 0.1) is 5.92 Å². The van der Waals surface area contributed by atoms with Crippen molar-refractivity contribution in [1.82, 2.24) is 4.90 Å². The molecule has 1 fully saturated rings. The quantitative estimate of drug-likeness (QED) is 0.660. The average Bonchev–Trinajstić information content (AvgIpc) is 2.89. The molecule has 1 aromatic carbocycles. The molecule has 0 radical (unpaired) electrons. The molecule has 0 bridgehead atoms. The molecule has 0 aromatic heterocycles. The van der Waals surface area contributed by atoms with Crippen molar-refractivity contribution in [2.24, 2.45) is 5.92 Å². The monoisotopic (exact) mass is 282 g/mol. The van der Waals surface area contributed by atoms with Crippen LogP contribution in [0.15, 0.2) is 18.2 Å². The van der Waals surface area contributed by atoms with Gasteiger partial charge in [-0.1, -0.05) is 11.6 Å². The number of nitrogens with zero attached hydrogens (tertiary/aromatic N) is 1. The molecular formula is C13H15ClN2O3. The highest BCUT2D eigenvalue weighted by atomic mass is 35.5. The molecule has 0 spiro atoms. The molecule has 1 amide bonds. The number of esters is 1. The molecule has 0 aliphatic carbocycles. The van der Waals surface area contributed by atoms with Crippen LogP contribution < -0.4 is 5.73 Å². The van der Waals surface area contributed by atoms with Gasteiger partial charge in [0, 0.05) is 18.7 Å². The summed E-state index contributed by atoms with van der Waals surface area (Å²) in [5.74, 6) is -0.655. The molecule has 2 rings (SSSR count). The van der Waals surface area contributed by atoms with Crippen molar-refractivity contribution >= 4 is 29.2 Å². The Morgan fingerprint density at radius 3 is 2.84 bits per heavy atom. The van der Waals surface area contributed by atoms with Crippen LogP contribution in [0.1, 0.15) is 16.8 Å². The van der Waals surface area contributed by atoms with E-state index in [9.17, 15) is 9.59 Å². The van der Waals surface area contributed by atoms with Gasteiger partial charge in [-0.2, -0.15) is 0 Å². The van der Waals surface area contributed by atoms with Gasteiger partial charge in [0.05, 0.1) is 23.7 Å². The van der Waals surface area contributed by atoms with Crippen molar-refractivity contribution in [3.8, 4) is 0 Å². The zero-order valence-electron chi connectivity index (χ0n) is 10.6. The minimum atomic E-state index is -0.273. The summed E-state index contributed by atoms with van der Waals surface area (Å²) >= 11 is 5.90. The lowest BCUT2D eigenvalue weighted by molar-refractivity contribution is -0.144. The number of ether oxygens (including phenoxy) is 1. The predicted molar refractivity (Wildman–Crippen MR) is 71.9 cm³/mol. The number of benzene rings is 1. The van der Waals surface area contributed by atoms with E-state index in [4.69, 9.17) is 17.3 Å². The largest absolute Gasteiger partial charge is 0.469 e. The Morgan fingerprint density at radius 2 is 2.21 bits per heavy atom. The fourth-order valence-electron chi connectivity index (χ4n) is 2.15. The molecule has 1 atom stereocenters. The Balaban J connectivity index is 2.09. The van der Waals surface area contributed by atoms with Crippen molar-refractivity contribution in [3.05, 3.63) is 28.8 Å². The second-order valence-corrected chi connectivity index (χ2v) is 4.90. The van der Waals surface area contributed by atoms with E-state index < -0.39 is 0 Å². The van der Waals surface area contributed by atoms with E-state index in [0.717, 1.165) is 0 Å². The van der Waals surface area contributed by atoms with E-state index in [1.165, 1.54) is 7.11 Å². The lowest BCUT2D eigenvalue weighted by Crippen LogP contribution is -2.30. The molecule has 2 N–H and O–H groups in total. The third-order valence-corrected chi connectivity index (χ3v) is 3.58. The van der Waals surface area contributed by atoms with Crippen molar-refractivity contribution in [3.63, 3.8) is 0 Å². The second kappa shape index (κ2) is 5.48. The predicted octanol–water partition coefficient (Wildman–Crippen LogP) is 1.56. The molecule has 1 heterocycles. The van der Waals surface area contributed by atoms with Gasteiger partial charge >= 0.3 is 5.97 Å². The van der Waals surface area contributed by atoms with Crippen molar-refractivity contribution in [1.29, 1.82) is 0 Å². The first kappa shape index (κ1) is 13.7. The van der Waals surface area contributed by atoms with Gasteiger partial charge in [-0.3, -0.25) is 9.59 Å². The topological polar surface area (TPSA) is 72.6 Å². The first-order chi connectivity index (χ1) is 9.02. The first-order valence-corrected chi connectivity index (χ1v) is 6.33. The van der Waals surface area contributed by atoms with E-state index in [1.807, 2.05) is 0 Å². The summed E-state index contributed by atoms with van der Waals surface area (Å²) in [6, 6.07) is 4.78. The summed E-state index contributed by atoms with van der Waals surface area (Å²) in [7, 11) is 1.35. The molecule has 1 aromatic rings. The number of hydrogen-bond acceptors (Lipinski definition) is 4. The molecule has 0 saturated carbocycles. The summed E-state index contributed by atoms with van der Waals surface area (Å²) in [5, 5.41) is 0.356. The number of likely N-dealkylation sites (tertiary alicyclic amines) is 1. The summed E-state index contributed by atoms with van der Waals surface area (Å²) in [5.41, 5.74) is 6.52. The second-order valence-electron chi connectivity index (χ2n) is 4.50.